The van der Waals surface area contributed by atoms with Crippen molar-refractivity contribution < 1.29 is 9.18 Å². The molecule has 0 heterocycles. The fourth-order valence-electron chi connectivity index (χ4n) is 1.77. The molecule has 0 unspecified atom stereocenters. The van der Waals surface area contributed by atoms with Crippen molar-refractivity contribution in [2.45, 2.75) is 25.7 Å². The molecule has 17 heavy (non-hydrogen) atoms. The van der Waals surface area contributed by atoms with Crippen LogP contribution in [0.2, 0.25) is 0 Å². The van der Waals surface area contributed by atoms with E-state index < -0.39 is 5.82 Å². The van der Waals surface area contributed by atoms with E-state index in [0.29, 0.717) is 11.0 Å². The van der Waals surface area contributed by atoms with E-state index in [1.54, 1.807) is 12.1 Å². The van der Waals surface area contributed by atoms with Crippen molar-refractivity contribution in [2.24, 2.45) is 5.92 Å². The fraction of sp³-hybridized carbons (Fsp3) is 0.462. The highest BCUT2D eigenvalue weighted by Gasteiger charge is 2.20. The maximum Gasteiger partial charge on any atom is 0.254 e. The largest absolute Gasteiger partial charge is 0.352 e. The smallest absolute Gasteiger partial charge is 0.254 e. The van der Waals surface area contributed by atoms with Gasteiger partial charge in [0.05, 0.1) is 10.0 Å². The average Bonchev–Trinajstić information content (AvgIpc) is 3.12. The van der Waals surface area contributed by atoms with E-state index in [0.717, 1.165) is 12.3 Å². The molecule has 1 aromatic rings. The van der Waals surface area contributed by atoms with E-state index in [1.807, 2.05) is 0 Å². The molecule has 0 bridgehead atoms. The third kappa shape index (κ3) is 3.53. The Bertz CT molecular complexity index is 418. The Morgan fingerprint density at radius 2 is 2.24 bits per heavy atom. The van der Waals surface area contributed by atoms with Crippen LogP contribution in [-0.2, 0) is 0 Å². The lowest BCUT2D eigenvalue weighted by Crippen LogP contribution is -2.25. The van der Waals surface area contributed by atoms with Crippen molar-refractivity contribution in [1.82, 2.24) is 5.32 Å². The predicted molar refractivity (Wildman–Crippen MR) is 68.4 cm³/mol. The third-order valence-corrected chi connectivity index (χ3v) is 3.58. The summed E-state index contributed by atoms with van der Waals surface area (Å²) in [6.45, 7) is 0.626. The number of hydrogen-bond donors (Lipinski definition) is 1. The summed E-state index contributed by atoms with van der Waals surface area (Å²) >= 11 is 3.07. The van der Waals surface area contributed by atoms with Gasteiger partial charge in [-0.25, -0.2) is 4.39 Å². The van der Waals surface area contributed by atoms with Crippen molar-refractivity contribution >= 4 is 21.8 Å². The first-order valence-electron chi connectivity index (χ1n) is 5.90. The van der Waals surface area contributed by atoms with Crippen LogP contribution in [0.15, 0.2) is 22.7 Å². The molecule has 4 heteroatoms. The second-order valence-corrected chi connectivity index (χ2v) is 5.30. The monoisotopic (exact) mass is 299 g/mol. The zero-order valence-corrected chi connectivity index (χ0v) is 11.1. The first-order chi connectivity index (χ1) is 8.18. The molecule has 0 radical (unpaired) electrons. The summed E-state index contributed by atoms with van der Waals surface area (Å²) in [5.74, 6) is 0.0429. The molecule has 92 valence electrons. The molecule has 0 aromatic heterocycles. The summed E-state index contributed by atoms with van der Waals surface area (Å²) in [5, 5.41) is 2.75. The predicted octanol–water partition coefficient (Wildman–Crippen LogP) is 3.51. The molecule has 1 N–H and O–H groups in total. The van der Waals surface area contributed by atoms with Gasteiger partial charge in [-0.15, -0.1) is 0 Å². The molecule has 2 nitrogen and oxygen atoms in total. The summed E-state index contributed by atoms with van der Waals surface area (Å²) in [5.41, 5.74) is 0.103. The van der Waals surface area contributed by atoms with Crippen LogP contribution in [0.5, 0.6) is 0 Å². The van der Waals surface area contributed by atoms with E-state index >= 15 is 0 Å². The van der Waals surface area contributed by atoms with Crippen LogP contribution in [-0.4, -0.2) is 12.5 Å². The van der Waals surface area contributed by atoms with Crippen molar-refractivity contribution in [3.8, 4) is 0 Å². The Kier molecular flexibility index (Phi) is 4.15. The summed E-state index contributed by atoms with van der Waals surface area (Å²) in [6.07, 6.45) is 4.80. The van der Waals surface area contributed by atoms with Crippen molar-refractivity contribution in [1.29, 1.82) is 0 Å². The van der Waals surface area contributed by atoms with Crippen molar-refractivity contribution in [3.05, 3.63) is 34.1 Å². The Balaban J connectivity index is 1.83. The Morgan fingerprint density at radius 3 is 2.94 bits per heavy atom. The summed E-state index contributed by atoms with van der Waals surface area (Å²) in [6, 6.07) is 4.74. The fourth-order valence-corrected chi connectivity index (χ4v) is 2.14. The molecule has 1 amide bonds. The number of rotatable bonds is 5. The van der Waals surface area contributed by atoms with Crippen LogP contribution in [0, 0.1) is 11.7 Å². The van der Waals surface area contributed by atoms with Gasteiger partial charge in [0, 0.05) is 6.54 Å². The van der Waals surface area contributed by atoms with Gasteiger partial charge >= 0.3 is 0 Å². The highest BCUT2D eigenvalue weighted by molar-refractivity contribution is 9.10. The van der Waals surface area contributed by atoms with Gasteiger partial charge in [-0.3, -0.25) is 4.79 Å². The molecular weight excluding hydrogens is 285 g/mol. The van der Waals surface area contributed by atoms with Gasteiger partial charge in [-0.05, 0) is 46.8 Å². The minimum atomic E-state index is -0.493. The molecular formula is C13H15BrFNO. The standard InChI is InChI=1S/C13H15BrFNO/c14-11-5-1-4-10(12(11)15)13(17)16-8-2-3-9-6-7-9/h1,4-5,9H,2-3,6-8H2,(H,16,17). The number of carbonyl (C=O) groups is 1. The number of amides is 1. The molecule has 0 aliphatic heterocycles. The molecule has 1 fully saturated rings. The topological polar surface area (TPSA) is 29.1 Å². The van der Waals surface area contributed by atoms with Crippen molar-refractivity contribution in [3.63, 3.8) is 0 Å². The third-order valence-electron chi connectivity index (χ3n) is 2.97. The lowest BCUT2D eigenvalue weighted by molar-refractivity contribution is 0.0948. The second kappa shape index (κ2) is 5.63. The second-order valence-electron chi connectivity index (χ2n) is 4.44. The molecule has 0 saturated heterocycles. The number of halogens is 2. The van der Waals surface area contributed by atoms with Gasteiger partial charge in [0.25, 0.3) is 5.91 Å². The normalized spacial score (nSPS) is 14.7. The lowest BCUT2D eigenvalue weighted by atomic mass is 10.2. The van der Waals surface area contributed by atoms with Crippen LogP contribution in [0.1, 0.15) is 36.0 Å². The van der Waals surface area contributed by atoms with Gasteiger partial charge in [0.15, 0.2) is 0 Å². The molecule has 1 aromatic carbocycles. The van der Waals surface area contributed by atoms with E-state index in [-0.39, 0.29) is 11.5 Å². The SMILES string of the molecule is O=C(NCCCC1CC1)c1cccc(Br)c1F. The molecule has 0 spiro atoms. The Labute approximate surface area is 109 Å². The number of nitrogens with one attached hydrogen (secondary N) is 1. The number of benzene rings is 1. The molecule has 1 aliphatic carbocycles. The maximum absolute atomic E-state index is 13.6. The van der Waals surface area contributed by atoms with Crippen LogP contribution < -0.4 is 5.32 Å². The quantitative estimate of drug-likeness (QED) is 0.828. The highest BCUT2D eigenvalue weighted by atomic mass is 79.9. The Hall–Kier alpha value is -0.900. The molecule has 2 rings (SSSR count). The number of hydrogen-bond acceptors (Lipinski definition) is 1. The van der Waals surface area contributed by atoms with E-state index in [4.69, 9.17) is 0 Å². The van der Waals surface area contributed by atoms with Crippen LogP contribution in [0.4, 0.5) is 4.39 Å². The minimum absolute atomic E-state index is 0.103. The minimum Gasteiger partial charge on any atom is -0.352 e. The highest BCUT2D eigenvalue weighted by Crippen LogP contribution is 2.33. The van der Waals surface area contributed by atoms with Gasteiger partial charge in [0.2, 0.25) is 0 Å². The van der Waals surface area contributed by atoms with E-state index in [1.165, 1.54) is 25.3 Å². The van der Waals surface area contributed by atoms with E-state index in [2.05, 4.69) is 21.2 Å². The first-order valence-corrected chi connectivity index (χ1v) is 6.70. The van der Waals surface area contributed by atoms with Gasteiger partial charge in [0.1, 0.15) is 5.82 Å². The lowest BCUT2D eigenvalue weighted by Gasteiger charge is -2.06. The summed E-state index contributed by atoms with van der Waals surface area (Å²) in [7, 11) is 0. The Morgan fingerprint density at radius 1 is 1.47 bits per heavy atom. The van der Waals surface area contributed by atoms with Gasteiger partial charge < -0.3 is 5.32 Å². The summed E-state index contributed by atoms with van der Waals surface area (Å²) in [4.78, 5) is 11.7. The van der Waals surface area contributed by atoms with Crippen molar-refractivity contribution in [2.75, 3.05) is 6.54 Å². The van der Waals surface area contributed by atoms with Gasteiger partial charge in [-0.2, -0.15) is 0 Å². The molecule has 0 atom stereocenters. The zero-order valence-electron chi connectivity index (χ0n) is 9.51. The maximum atomic E-state index is 13.6. The molecule has 1 saturated carbocycles. The van der Waals surface area contributed by atoms with Crippen LogP contribution >= 0.6 is 15.9 Å². The van der Waals surface area contributed by atoms with E-state index in [9.17, 15) is 9.18 Å². The van der Waals surface area contributed by atoms with Crippen LogP contribution in [0.25, 0.3) is 0 Å². The average molecular weight is 300 g/mol. The van der Waals surface area contributed by atoms with Gasteiger partial charge in [-0.1, -0.05) is 18.9 Å². The zero-order chi connectivity index (χ0) is 12.3. The molecule has 1 aliphatic rings. The number of carbonyl (C=O) groups excluding carboxylic acids is 1. The van der Waals surface area contributed by atoms with Crippen LogP contribution in [0.3, 0.4) is 0 Å². The summed E-state index contributed by atoms with van der Waals surface area (Å²) < 4.78 is 13.9. The first kappa shape index (κ1) is 12.6.